The Morgan fingerprint density at radius 2 is 2.25 bits per heavy atom. The molecule has 1 aromatic rings. The van der Waals surface area contributed by atoms with E-state index in [1.807, 2.05) is 25.1 Å². The second kappa shape index (κ2) is 4.64. The van der Waals surface area contributed by atoms with E-state index >= 15 is 0 Å². The molecule has 0 amide bonds. The predicted octanol–water partition coefficient (Wildman–Crippen LogP) is 3.27. The first-order valence-electron chi connectivity index (χ1n) is 3.73. The summed E-state index contributed by atoms with van der Waals surface area (Å²) in [6.45, 7) is 1.60. The van der Waals surface area contributed by atoms with Crippen LogP contribution in [0.5, 0.6) is 0 Å². The molecule has 0 heterocycles. The molecule has 1 rings (SSSR count). The Morgan fingerprint density at radius 3 is 2.75 bits per heavy atom. The van der Waals surface area contributed by atoms with Gasteiger partial charge in [0, 0.05) is 5.69 Å². The predicted molar refractivity (Wildman–Crippen MR) is 58.5 cm³/mol. The first-order valence-corrected chi connectivity index (χ1v) is 5.26. The summed E-state index contributed by atoms with van der Waals surface area (Å²) in [5.41, 5.74) is 2.93. The van der Waals surface area contributed by atoms with E-state index in [1.54, 1.807) is 0 Å². The molecule has 1 aromatic carbocycles. The molecular weight excluding hydrogens is 268 g/mol. The Morgan fingerprint density at radius 1 is 1.50 bits per heavy atom. The normalized spacial score (nSPS) is 9.92. The lowest BCUT2D eigenvalue weighted by molar-refractivity contribution is 0.485. The molecule has 1 nitrogen and oxygen atoms in total. The zero-order valence-corrected chi connectivity index (χ0v) is 9.06. The molecule has 12 heavy (non-hydrogen) atoms. The molecule has 0 aromatic heterocycles. The van der Waals surface area contributed by atoms with Gasteiger partial charge in [0.1, 0.15) is 6.67 Å². The van der Waals surface area contributed by atoms with E-state index in [0.717, 1.165) is 21.4 Å². The molecule has 1 N–H and O–H groups in total. The van der Waals surface area contributed by atoms with Gasteiger partial charge in [0.05, 0.1) is 4.55 Å². The standard InChI is InChI=1S/C9H11FIN/c1-7-4-8(5-10)2-3-9(7)12-6-11/h2-4,12H,5-6H2,1H3. The molecular formula is C9H11FIN. The molecule has 0 saturated carbocycles. The first-order chi connectivity index (χ1) is 5.77. The lowest BCUT2D eigenvalue weighted by Gasteiger charge is -2.07. The number of alkyl halides is 2. The van der Waals surface area contributed by atoms with Crippen molar-refractivity contribution in [3.63, 3.8) is 0 Å². The van der Waals surface area contributed by atoms with Crippen LogP contribution in [0.3, 0.4) is 0 Å². The summed E-state index contributed by atoms with van der Waals surface area (Å²) in [5, 5.41) is 3.19. The number of hydrogen-bond acceptors (Lipinski definition) is 1. The minimum Gasteiger partial charge on any atom is -0.376 e. The van der Waals surface area contributed by atoms with E-state index in [0.29, 0.717) is 0 Å². The SMILES string of the molecule is Cc1cc(CF)ccc1NCI. The van der Waals surface area contributed by atoms with Crippen molar-refractivity contribution in [1.82, 2.24) is 0 Å². The Kier molecular flexibility index (Phi) is 3.78. The van der Waals surface area contributed by atoms with Crippen molar-refractivity contribution in [3.8, 4) is 0 Å². The Balaban J connectivity index is 2.87. The van der Waals surface area contributed by atoms with Gasteiger partial charge >= 0.3 is 0 Å². The van der Waals surface area contributed by atoms with Crippen LogP contribution in [0.25, 0.3) is 0 Å². The summed E-state index contributed by atoms with van der Waals surface area (Å²) in [4.78, 5) is 0. The van der Waals surface area contributed by atoms with Crippen LogP contribution in [0, 0.1) is 6.92 Å². The fraction of sp³-hybridized carbons (Fsp3) is 0.333. The highest BCUT2D eigenvalue weighted by Gasteiger charge is 1.97. The summed E-state index contributed by atoms with van der Waals surface area (Å²) in [6.07, 6.45) is 0. The van der Waals surface area contributed by atoms with Gasteiger partial charge in [-0.1, -0.05) is 34.7 Å². The van der Waals surface area contributed by atoms with E-state index in [9.17, 15) is 4.39 Å². The Labute approximate surface area is 85.5 Å². The van der Waals surface area contributed by atoms with Gasteiger partial charge in [-0.2, -0.15) is 0 Å². The number of anilines is 1. The Bertz CT molecular complexity index is 263. The number of aryl methyl sites for hydroxylation is 1. The molecule has 0 aliphatic carbocycles. The maximum Gasteiger partial charge on any atom is 0.115 e. The van der Waals surface area contributed by atoms with Crippen molar-refractivity contribution in [3.05, 3.63) is 29.3 Å². The highest BCUT2D eigenvalue weighted by Crippen LogP contribution is 2.17. The minimum absolute atomic E-state index is 0.384. The van der Waals surface area contributed by atoms with Crippen LogP contribution < -0.4 is 5.32 Å². The average molecular weight is 279 g/mol. The minimum atomic E-state index is -0.384. The van der Waals surface area contributed by atoms with Crippen molar-refractivity contribution in [2.24, 2.45) is 0 Å². The van der Waals surface area contributed by atoms with Gasteiger partial charge in [-0.15, -0.1) is 0 Å². The molecule has 3 heteroatoms. The van der Waals surface area contributed by atoms with Crippen molar-refractivity contribution in [2.45, 2.75) is 13.6 Å². The summed E-state index contributed by atoms with van der Waals surface area (Å²) < 4.78 is 13.1. The molecule has 0 unspecified atom stereocenters. The maximum absolute atomic E-state index is 12.2. The molecule has 66 valence electrons. The summed E-state index contributed by atoms with van der Waals surface area (Å²) in [5.74, 6) is 0. The van der Waals surface area contributed by atoms with Gasteiger partial charge in [0.2, 0.25) is 0 Å². The topological polar surface area (TPSA) is 12.0 Å². The molecule has 0 saturated heterocycles. The molecule has 0 spiro atoms. The lowest BCUT2D eigenvalue weighted by atomic mass is 10.1. The van der Waals surface area contributed by atoms with Crippen LogP contribution in [-0.2, 0) is 6.67 Å². The van der Waals surface area contributed by atoms with Gasteiger partial charge in [-0.3, -0.25) is 0 Å². The zero-order chi connectivity index (χ0) is 8.97. The average Bonchev–Trinajstić information content (AvgIpc) is 2.09. The molecule has 0 atom stereocenters. The molecule has 0 fully saturated rings. The molecule has 0 aliphatic rings. The third kappa shape index (κ3) is 2.33. The van der Waals surface area contributed by atoms with Gasteiger partial charge in [-0.05, 0) is 24.1 Å². The summed E-state index contributed by atoms with van der Waals surface area (Å²) in [6, 6.07) is 5.60. The van der Waals surface area contributed by atoms with Crippen molar-refractivity contribution < 1.29 is 4.39 Å². The van der Waals surface area contributed by atoms with Gasteiger partial charge in [-0.25, -0.2) is 4.39 Å². The largest absolute Gasteiger partial charge is 0.376 e. The molecule has 0 aliphatic heterocycles. The third-order valence-electron chi connectivity index (χ3n) is 1.70. The quantitative estimate of drug-likeness (QED) is 0.508. The molecule has 0 radical (unpaired) electrons. The van der Waals surface area contributed by atoms with Crippen LogP contribution in [0.15, 0.2) is 18.2 Å². The number of rotatable bonds is 3. The van der Waals surface area contributed by atoms with Gasteiger partial charge in [0.25, 0.3) is 0 Å². The number of halogens is 2. The van der Waals surface area contributed by atoms with Crippen LogP contribution in [0.1, 0.15) is 11.1 Å². The Hall–Kier alpha value is -0.320. The summed E-state index contributed by atoms with van der Waals surface area (Å²) in [7, 11) is 0. The second-order valence-electron chi connectivity index (χ2n) is 2.59. The van der Waals surface area contributed by atoms with Crippen LogP contribution in [-0.4, -0.2) is 4.55 Å². The lowest BCUT2D eigenvalue weighted by Crippen LogP contribution is -1.96. The third-order valence-corrected chi connectivity index (χ3v) is 2.08. The van der Waals surface area contributed by atoms with Crippen LogP contribution in [0.4, 0.5) is 10.1 Å². The summed E-state index contributed by atoms with van der Waals surface area (Å²) >= 11 is 2.24. The number of nitrogens with one attached hydrogen (secondary N) is 1. The second-order valence-corrected chi connectivity index (χ2v) is 3.36. The van der Waals surface area contributed by atoms with Crippen LogP contribution in [0.2, 0.25) is 0 Å². The molecule has 0 bridgehead atoms. The highest BCUT2D eigenvalue weighted by molar-refractivity contribution is 14.1. The number of hydrogen-bond donors (Lipinski definition) is 1. The fourth-order valence-electron chi connectivity index (χ4n) is 1.08. The van der Waals surface area contributed by atoms with Gasteiger partial charge < -0.3 is 5.32 Å². The van der Waals surface area contributed by atoms with Crippen molar-refractivity contribution >= 4 is 28.3 Å². The van der Waals surface area contributed by atoms with E-state index in [2.05, 4.69) is 27.9 Å². The van der Waals surface area contributed by atoms with Crippen molar-refractivity contribution in [2.75, 3.05) is 9.87 Å². The smallest absolute Gasteiger partial charge is 0.115 e. The maximum atomic E-state index is 12.2. The van der Waals surface area contributed by atoms with Crippen LogP contribution >= 0.6 is 22.6 Å². The monoisotopic (exact) mass is 279 g/mol. The van der Waals surface area contributed by atoms with E-state index in [1.165, 1.54) is 0 Å². The van der Waals surface area contributed by atoms with E-state index in [-0.39, 0.29) is 6.67 Å². The highest BCUT2D eigenvalue weighted by atomic mass is 127. The van der Waals surface area contributed by atoms with Gasteiger partial charge in [0.15, 0.2) is 0 Å². The van der Waals surface area contributed by atoms with Crippen molar-refractivity contribution in [1.29, 1.82) is 0 Å². The fourth-order valence-corrected chi connectivity index (χ4v) is 1.49. The first kappa shape index (κ1) is 9.77. The number of benzene rings is 1. The van der Waals surface area contributed by atoms with E-state index < -0.39 is 0 Å². The van der Waals surface area contributed by atoms with E-state index in [4.69, 9.17) is 0 Å². The zero-order valence-electron chi connectivity index (χ0n) is 6.90.